The molecule has 2 N–H and O–H groups in total. The highest BCUT2D eigenvalue weighted by Crippen LogP contribution is 2.33. The second kappa shape index (κ2) is 8.11. The minimum Gasteiger partial charge on any atom is -0.379 e. The fourth-order valence-electron chi connectivity index (χ4n) is 3.68. The molecule has 0 aromatic rings. The number of carbonyl (C=O) groups excluding carboxylic acids is 1. The summed E-state index contributed by atoms with van der Waals surface area (Å²) in [6.07, 6.45) is 6.29. The van der Waals surface area contributed by atoms with Gasteiger partial charge in [0.2, 0.25) is 5.91 Å². The van der Waals surface area contributed by atoms with Crippen LogP contribution in [-0.2, 0) is 9.53 Å². The minimum atomic E-state index is 0.0281. The minimum absolute atomic E-state index is 0.0281. The summed E-state index contributed by atoms with van der Waals surface area (Å²) in [5.41, 5.74) is 0.164. The van der Waals surface area contributed by atoms with Crippen LogP contribution in [0.2, 0.25) is 0 Å². The van der Waals surface area contributed by atoms with Gasteiger partial charge in [0.1, 0.15) is 0 Å². The first-order valence-corrected chi connectivity index (χ1v) is 8.43. The Morgan fingerprint density at radius 1 is 1.24 bits per heavy atom. The summed E-state index contributed by atoms with van der Waals surface area (Å²) in [4.78, 5) is 14.8. The van der Waals surface area contributed by atoms with Crippen molar-refractivity contribution >= 4 is 5.91 Å². The Kier molecular flexibility index (Phi) is 6.45. The van der Waals surface area contributed by atoms with Gasteiger partial charge in [-0.1, -0.05) is 26.2 Å². The van der Waals surface area contributed by atoms with Crippen LogP contribution in [0.3, 0.4) is 0 Å². The van der Waals surface area contributed by atoms with E-state index in [0.717, 1.165) is 39.4 Å². The molecule has 1 amide bonds. The summed E-state index contributed by atoms with van der Waals surface area (Å²) >= 11 is 0. The van der Waals surface area contributed by atoms with Crippen molar-refractivity contribution < 1.29 is 9.53 Å². The van der Waals surface area contributed by atoms with Crippen LogP contribution >= 0.6 is 0 Å². The maximum absolute atomic E-state index is 12.2. The van der Waals surface area contributed by atoms with E-state index in [1.165, 1.54) is 32.1 Å². The summed E-state index contributed by atoms with van der Waals surface area (Å²) in [5, 5.41) is 6.29. The Labute approximate surface area is 128 Å². The van der Waals surface area contributed by atoms with Gasteiger partial charge in [-0.25, -0.2) is 0 Å². The summed E-state index contributed by atoms with van der Waals surface area (Å²) in [5.74, 6) is 0.197. The summed E-state index contributed by atoms with van der Waals surface area (Å²) in [6.45, 7) is 7.16. The molecule has 2 fully saturated rings. The zero-order chi connectivity index (χ0) is 15.1. The van der Waals surface area contributed by atoms with Crippen LogP contribution in [0.5, 0.6) is 0 Å². The van der Waals surface area contributed by atoms with Crippen molar-refractivity contribution in [3.8, 4) is 0 Å². The molecule has 0 aromatic heterocycles. The number of hydrogen-bond donors (Lipinski definition) is 2. The Hall–Kier alpha value is -0.650. The van der Waals surface area contributed by atoms with Gasteiger partial charge < -0.3 is 15.4 Å². The normalized spacial score (nSPS) is 24.5. The molecule has 5 heteroatoms. The molecular formula is C16H31N3O2. The van der Waals surface area contributed by atoms with Gasteiger partial charge in [-0.15, -0.1) is 0 Å². The Morgan fingerprint density at radius 3 is 2.52 bits per heavy atom. The SMILES string of the molecule is CNCC(C)C(=O)NCC1(N2CCOCC2)CCCCC1. The Bertz CT molecular complexity index is 323. The van der Waals surface area contributed by atoms with E-state index < -0.39 is 0 Å². The van der Waals surface area contributed by atoms with Crippen LogP contribution in [0, 0.1) is 5.92 Å². The first kappa shape index (κ1) is 16.7. The number of nitrogens with one attached hydrogen (secondary N) is 2. The molecule has 1 heterocycles. The highest BCUT2D eigenvalue weighted by molar-refractivity contribution is 5.78. The molecule has 1 aliphatic heterocycles. The molecule has 0 aromatic carbocycles. The first-order valence-electron chi connectivity index (χ1n) is 8.43. The molecule has 1 saturated heterocycles. The molecule has 5 nitrogen and oxygen atoms in total. The third-order valence-electron chi connectivity index (χ3n) is 5.02. The number of ether oxygens (including phenoxy) is 1. The predicted octanol–water partition coefficient (Wildman–Crippen LogP) is 0.993. The molecule has 1 aliphatic carbocycles. The average molecular weight is 297 g/mol. The van der Waals surface area contributed by atoms with Crippen LogP contribution in [-0.4, -0.2) is 62.8 Å². The molecule has 2 aliphatic rings. The van der Waals surface area contributed by atoms with E-state index in [-0.39, 0.29) is 17.4 Å². The number of hydrogen-bond acceptors (Lipinski definition) is 4. The van der Waals surface area contributed by atoms with Crippen LogP contribution < -0.4 is 10.6 Å². The Morgan fingerprint density at radius 2 is 1.90 bits per heavy atom. The van der Waals surface area contributed by atoms with E-state index in [1.807, 2.05) is 14.0 Å². The fraction of sp³-hybridized carbons (Fsp3) is 0.938. The highest BCUT2D eigenvalue weighted by Gasteiger charge is 2.38. The van der Waals surface area contributed by atoms with Gasteiger partial charge >= 0.3 is 0 Å². The van der Waals surface area contributed by atoms with Crippen LogP contribution in [0.15, 0.2) is 0 Å². The molecule has 122 valence electrons. The average Bonchev–Trinajstić information content (AvgIpc) is 2.54. The fourth-order valence-corrected chi connectivity index (χ4v) is 3.68. The lowest BCUT2D eigenvalue weighted by Gasteiger charge is -2.48. The van der Waals surface area contributed by atoms with Crippen molar-refractivity contribution in [1.82, 2.24) is 15.5 Å². The monoisotopic (exact) mass is 297 g/mol. The summed E-state index contributed by atoms with van der Waals surface area (Å²) in [7, 11) is 1.89. The maximum Gasteiger partial charge on any atom is 0.224 e. The van der Waals surface area contributed by atoms with Crippen LogP contribution in [0.25, 0.3) is 0 Å². The standard InChI is InChI=1S/C16H31N3O2/c1-14(12-17-2)15(20)18-13-16(6-4-3-5-7-16)19-8-10-21-11-9-19/h14,17H,3-13H2,1-2H3,(H,18,20). The smallest absolute Gasteiger partial charge is 0.224 e. The molecule has 1 unspecified atom stereocenters. The number of rotatable bonds is 6. The second-order valence-electron chi connectivity index (χ2n) is 6.56. The van der Waals surface area contributed by atoms with E-state index in [0.29, 0.717) is 0 Å². The summed E-state index contributed by atoms with van der Waals surface area (Å²) in [6, 6.07) is 0. The van der Waals surface area contributed by atoms with Gasteiger partial charge in [-0.05, 0) is 19.9 Å². The van der Waals surface area contributed by atoms with Crippen LogP contribution in [0.4, 0.5) is 0 Å². The zero-order valence-corrected chi connectivity index (χ0v) is 13.6. The van der Waals surface area contributed by atoms with Gasteiger partial charge in [0.05, 0.1) is 13.2 Å². The van der Waals surface area contributed by atoms with Crippen molar-refractivity contribution in [3.05, 3.63) is 0 Å². The van der Waals surface area contributed by atoms with E-state index >= 15 is 0 Å². The van der Waals surface area contributed by atoms with Crippen LogP contribution in [0.1, 0.15) is 39.0 Å². The van der Waals surface area contributed by atoms with Gasteiger partial charge in [-0.2, -0.15) is 0 Å². The topological polar surface area (TPSA) is 53.6 Å². The summed E-state index contributed by atoms with van der Waals surface area (Å²) < 4.78 is 5.49. The first-order chi connectivity index (χ1) is 10.2. The van der Waals surface area contributed by atoms with E-state index in [9.17, 15) is 4.79 Å². The zero-order valence-electron chi connectivity index (χ0n) is 13.6. The molecule has 2 rings (SSSR count). The largest absolute Gasteiger partial charge is 0.379 e. The lowest BCUT2D eigenvalue weighted by Crippen LogP contribution is -2.60. The predicted molar refractivity (Wildman–Crippen MR) is 84.3 cm³/mol. The Balaban J connectivity index is 1.94. The quantitative estimate of drug-likeness (QED) is 0.768. The van der Waals surface area contributed by atoms with Gasteiger partial charge in [0.25, 0.3) is 0 Å². The van der Waals surface area contributed by atoms with E-state index in [4.69, 9.17) is 4.74 Å². The molecule has 1 saturated carbocycles. The number of morpholine rings is 1. The van der Waals surface area contributed by atoms with Gasteiger partial charge in [-0.3, -0.25) is 9.69 Å². The number of nitrogens with zero attached hydrogens (tertiary/aromatic N) is 1. The van der Waals surface area contributed by atoms with Crippen molar-refractivity contribution in [2.24, 2.45) is 5.92 Å². The van der Waals surface area contributed by atoms with Crippen molar-refractivity contribution in [1.29, 1.82) is 0 Å². The molecular weight excluding hydrogens is 266 g/mol. The number of carbonyl (C=O) groups is 1. The molecule has 0 radical (unpaired) electrons. The lowest BCUT2D eigenvalue weighted by atomic mass is 9.79. The van der Waals surface area contributed by atoms with Crippen molar-refractivity contribution in [2.45, 2.75) is 44.6 Å². The molecule has 21 heavy (non-hydrogen) atoms. The van der Waals surface area contributed by atoms with Gasteiger partial charge in [0, 0.05) is 37.6 Å². The second-order valence-corrected chi connectivity index (χ2v) is 6.56. The molecule has 0 spiro atoms. The third-order valence-corrected chi connectivity index (χ3v) is 5.02. The van der Waals surface area contributed by atoms with Crippen molar-refractivity contribution in [2.75, 3.05) is 46.4 Å². The van der Waals surface area contributed by atoms with E-state index in [2.05, 4.69) is 15.5 Å². The third kappa shape index (κ3) is 4.41. The molecule has 0 bridgehead atoms. The maximum atomic E-state index is 12.2. The van der Waals surface area contributed by atoms with Gasteiger partial charge in [0.15, 0.2) is 0 Å². The number of amides is 1. The van der Waals surface area contributed by atoms with E-state index in [1.54, 1.807) is 0 Å². The molecule has 1 atom stereocenters. The van der Waals surface area contributed by atoms with Crippen molar-refractivity contribution in [3.63, 3.8) is 0 Å². The highest BCUT2D eigenvalue weighted by atomic mass is 16.5. The lowest BCUT2D eigenvalue weighted by molar-refractivity contribution is -0.125.